The van der Waals surface area contributed by atoms with E-state index < -0.39 is 10.0 Å². The molecule has 0 atom stereocenters. The molecule has 1 fully saturated rings. The van der Waals surface area contributed by atoms with E-state index in [1.807, 2.05) is 25.1 Å². The lowest BCUT2D eigenvalue weighted by atomic mass is 10.2. The van der Waals surface area contributed by atoms with Crippen LogP contribution < -0.4 is 4.74 Å². The average Bonchev–Trinajstić information content (AvgIpc) is 3.52. The van der Waals surface area contributed by atoms with Gasteiger partial charge in [0, 0.05) is 50.2 Å². The third-order valence-electron chi connectivity index (χ3n) is 5.95. The zero-order valence-corrected chi connectivity index (χ0v) is 19.6. The van der Waals surface area contributed by atoms with Crippen molar-refractivity contribution in [1.82, 2.24) is 29.0 Å². The molecule has 5 rings (SSSR count). The molecule has 1 amide bonds. The number of aromatic nitrogens is 4. The maximum Gasteiger partial charge on any atom is 0.274 e. The second-order valence-corrected chi connectivity index (χ2v) is 9.98. The van der Waals surface area contributed by atoms with Crippen molar-refractivity contribution in [3.8, 4) is 11.4 Å². The van der Waals surface area contributed by atoms with E-state index in [9.17, 15) is 13.2 Å². The van der Waals surface area contributed by atoms with E-state index in [0.29, 0.717) is 22.5 Å². The van der Waals surface area contributed by atoms with E-state index >= 15 is 0 Å². The Kier molecular flexibility index (Phi) is 5.58. The first kappa shape index (κ1) is 22.1. The van der Waals surface area contributed by atoms with E-state index in [-0.39, 0.29) is 37.0 Å². The van der Waals surface area contributed by atoms with Gasteiger partial charge < -0.3 is 14.6 Å². The topological polar surface area (TPSA) is 113 Å². The predicted molar refractivity (Wildman–Crippen MR) is 126 cm³/mol. The molecule has 0 saturated carbocycles. The molecule has 1 aliphatic rings. The largest absolute Gasteiger partial charge is 0.494 e. The standard InChI is InChI=1S/C23H24N6O4S/c1-16-5-6-20(33-2)19(14-16)29-9-7-18(26-29)23(30)27-10-12-28(13-11-27)34(31,32)21-15-25-22-17(21)4-3-8-24-22/h3-9,14-15H,10-13H2,1-2H3,(H,24,25). The summed E-state index contributed by atoms with van der Waals surface area (Å²) in [6.07, 6.45) is 4.79. The molecule has 1 saturated heterocycles. The summed E-state index contributed by atoms with van der Waals surface area (Å²) in [6, 6.07) is 10.8. The fourth-order valence-electron chi connectivity index (χ4n) is 4.13. The molecule has 11 heteroatoms. The van der Waals surface area contributed by atoms with Crippen LogP contribution in [-0.4, -0.2) is 76.6 Å². The number of ether oxygens (including phenoxy) is 1. The van der Waals surface area contributed by atoms with Gasteiger partial charge in [-0.1, -0.05) is 6.07 Å². The zero-order valence-electron chi connectivity index (χ0n) is 18.8. The van der Waals surface area contributed by atoms with Gasteiger partial charge in [-0.15, -0.1) is 0 Å². The van der Waals surface area contributed by atoms with Crippen LogP contribution >= 0.6 is 0 Å². The van der Waals surface area contributed by atoms with E-state index in [1.165, 1.54) is 10.5 Å². The molecule has 4 aromatic rings. The van der Waals surface area contributed by atoms with Crippen LogP contribution in [0.15, 0.2) is 59.9 Å². The van der Waals surface area contributed by atoms with E-state index in [2.05, 4.69) is 15.1 Å². The fraction of sp³-hybridized carbons (Fsp3) is 0.261. The first-order valence-corrected chi connectivity index (χ1v) is 12.2. The average molecular weight is 481 g/mol. The van der Waals surface area contributed by atoms with Crippen molar-refractivity contribution in [3.05, 3.63) is 66.2 Å². The van der Waals surface area contributed by atoms with Crippen LogP contribution in [0.5, 0.6) is 5.75 Å². The summed E-state index contributed by atoms with van der Waals surface area (Å²) in [4.78, 5) is 22.0. The Morgan fingerprint density at radius 1 is 1.12 bits per heavy atom. The first-order valence-electron chi connectivity index (χ1n) is 10.8. The normalized spacial score (nSPS) is 15.1. The lowest BCUT2D eigenvalue weighted by molar-refractivity contribution is 0.0691. The Bertz CT molecular complexity index is 1470. The van der Waals surface area contributed by atoms with Gasteiger partial charge in [-0.25, -0.2) is 18.1 Å². The number of carbonyl (C=O) groups excluding carboxylic acids is 1. The molecule has 1 N–H and O–H groups in total. The fourth-order valence-corrected chi connectivity index (χ4v) is 5.70. The van der Waals surface area contributed by atoms with Crippen molar-refractivity contribution >= 4 is 27.0 Å². The summed E-state index contributed by atoms with van der Waals surface area (Å²) in [7, 11) is -2.12. The van der Waals surface area contributed by atoms with Crippen molar-refractivity contribution < 1.29 is 17.9 Å². The van der Waals surface area contributed by atoms with Crippen molar-refractivity contribution in [3.63, 3.8) is 0 Å². The number of benzene rings is 1. The van der Waals surface area contributed by atoms with Crippen molar-refractivity contribution in [2.75, 3.05) is 33.3 Å². The van der Waals surface area contributed by atoms with Gasteiger partial charge in [0.1, 0.15) is 22.0 Å². The number of H-pyrrole nitrogens is 1. The number of rotatable bonds is 5. The van der Waals surface area contributed by atoms with Gasteiger partial charge in [0.2, 0.25) is 10.0 Å². The number of nitrogens with zero attached hydrogens (tertiary/aromatic N) is 5. The first-order chi connectivity index (χ1) is 16.4. The Labute approximate surface area is 196 Å². The highest BCUT2D eigenvalue weighted by Crippen LogP contribution is 2.26. The van der Waals surface area contributed by atoms with Crippen molar-refractivity contribution in [2.45, 2.75) is 11.8 Å². The van der Waals surface area contributed by atoms with Gasteiger partial charge in [0.25, 0.3) is 5.91 Å². The predicted octanol–water partition coefficient (Wildman–Crippen LogP) is 2.21. The highest BCUT2D eigenvalue weighted by atomic mass is 32.2. The minimum absolute atomic E-state index is 0.196. The van der Waals surface area contributed by atoms with Crippen molar-refractivity contribution in [2.24, 2.45) is 0 Å². The number of pyridine rings is 1. The minimum atomic E-state index is -3.71. The van der Waals surface area contributed by atoms with E-state index in [1.54, 1.807) is 47.3 Å². The van der Waals surface area contributed by atoms with Crippen LogP contribution in [0.25, 0.3) is 16.7 Å². The van der Waals surface area contributed by atoms with Crippen molar-refractivity contribution in [1.29, 1.82) is 0 Å². The minimum Gasteiger partial charge on any atom is -0.494 e. The number of carbonyl (C=O) groups is 1. The number of methoxy groups -OCH3 is 1. The van der Waals surface area contributed by atoms with Crippen LogP contribution in [0, 0.1) is 6.92 Å². The van der Waals surface area contributed by atoms with Crippen LogP contribution in [-0.2, 0) is 10.0 Å². The summed E-state index contributed by atoms with van der Waals surface area (Å²) in [5, 5.41) is 5.00. The molecular formula is C23H24N6O4S. The van der Waals surface area contributed by atoms with Gasteiger partial charge in [-0.3, -0.25) is 4.79 Å². The monoisotopic (exact) mass is 480 g/mol. The third-order valence-corrected chi connectivity index (χ3v) is 7.88. The molecule has 1 aromatic carbocycles. The molecule has 0 spiro atoms. The molecule has 0 unspecified atom stereocenters. The van der Waals surface area contributed by atoms with E-state index in [0.717, 1.165) is 11.3 Å². The lowest BCUT2D eigenvalue weighted by Crippen LogP contribution is -2.50. The zero-order chi connectivity index (χ0) is 23.9. The molecule has 0 aliphatic carbocycles. The molecule has 4 heterocycles. The smallest absolute Gasteiger partial charge is 0.274 e. The summed E-state index contributed by atoms with van der Waals surface area (Å²) < 4.78 is 34.8. The van der Waals surface area contributed by atoms with Gasteiger partial charge >= 0.3 is 0 Å². The number of piperazine rings is 1. The van der Waals surface area contributed by atoms with Gasteiger partial charge in [-0.05, 0) is 42.8 Å². The maximum absolute atomic E-state index is 13.2. The molecule has 34 heavy (non-hydrogen) atoms. The number of hydrogen-bond acceptors (Lipinski definition) is 6. The summed E-state index contributed by atoms with van der Waals surface area (Å²) in [6.45, 7) is 2.93. The van der Waals surface area contributed by atoms with Crippen LogP contribution in [0.2, 0.25) is 0 Å². The number of sulfonamides is 1. The molecule has 10 nitrogen and oxygen atoms in total. The Hall–Kier alpha value is -3.70. The number of amides is 1. The molecule has 176 valence electrons. The van der Waals surface area contributed by atoms with Gasteiger partial charge in [-0.2, -0.15) is 9.40 Å². The third kappa shape index (κ3) is 3.82. The summed E-state index contributed by atoms with van der Waals surface area (Å²) in [5.41, 5.74) is 2.60. The Morgan fingerprint density at radius 3 is 2.68 bits per heavy atom. The maximum atomic E-state index is 13.2. The number of nitrogens with one attached hydrogen (secondary N) is 1. The number of aryl methyl sites for hydroxylation is 1. The second kappa shape index (κ2) is 8.58. The number of hydrogen-bond donors (Lipinski definition) is 1. The number of fused-ring (bicyclic) bond motifs is 1. The number of aromatic amines is 1. The van der Waals surface area contributed by atoms with E-state index in [4.69, 9.17) is 4.74 Å². The van der Waals surface area contributed by atoms with Gasteiger partial charge in [0.05, 0.1) is 7.11 Å². The summed E-state index contributed by atoms with van der Waals surface area (Å²) >= 11 is 0. The lowest BCUT2D eigenvalue weighted by Gasteiger charge is -2.33. The molecular weight excluding hydrogens is 456 g/mol. The molecule has 3 aromatic heterocycles. The SMILES string of the molecule is COc1ccc(C)cc1-n1ccc(C(=O)N2CCN(S(=O)(=O)c3c[nH]c4ncccc34)CC2)n1. The Morgan fingerprint density at radius 2 is 1.91 bits per heavy atom. The molecule has 1 aliphatic heterocycles. The quantitative estimate of drug-likeness (QED) is 0.469. The van der Waals surface area contributed by atoms with Crippen LogP contribution in [0.1, 0.15) is 16.1 Å². The Balaban J connectivity index is 1.30. The molecule has 0 radical (unpaired) electrons. The summed E-state index contributed by atoms with van der Waals surface area (Å²) in [5.74, 6) is 0.415. The highest BCUT2D eigenvalue weighted by molar-refractivity contribution is 7.89. The van der Waals surface area contributed by atoms with Gasteiger partial charge in [0.15, 0.2) is 5.69 Å². The molecule has 0 bridgehead atoms. The highest BCUT2D eigenvalue weighted by Gasteiger charge is 2.32. The second-order valence-electron chi connectivity index (χ2n) is 8.07. The van der Waals surface area contributed by atoms with Crippen LogP contribution in [0.4, 0.5) is 0 Å². The van der Waals surface area contributed by atoms with Crippen LogP contribution in [0.3, 0.4) is 0 Å².